The molecule has 2 aromatic rings. The second-order valence-corrected chi connectivity index (χ2v) is 5.01. The SMILES string of the molecule is CCOCCSc1nncn1-c1cccc(Cl)c1. The largest absolute Gasteiger partial charge is 0.381 e. The summed E-state index contributed by atoms with van der Waals surface area (Å²) in [6, 6.07) is 7.61. The maximum absolute atomic E-state index is 5.98. The first-order valence-corrected chi connectivity index (χ1v) is 7.04. The van der Waals surface area contributed by atoms with E-state index in [4.69, 9.17) is 16.3 Å². The fourth-order valence-corrected chi connectivity index (χ4v) is 2.43. The molecule has 2 rings (SSSR count). The van der Waals surface area contributed by atoms with Gasteiger partial charge in [0.25, 0.3) is 0 Å². The second kappa shape index (κ2) is 6.78. The Kier molecular flexibility index (Phi) is 5.04. The second-order valence-electron chi connectivity index (χ2n) is 3.51. The van der Waals surface area contributed by atoms with Crippen molar-refractivity contribution in [3.8, 4) is 5.69 Å². The summed E-state index contributed by atoms with van der Waals surface area (Å²) in [6.07, 6.45) is 1.69. The van der Waals surface area contributed by atoms with Crippen molar-refractivity contribution in [2.75, 3.05) is 19.0 Å². The van der Waals surface area contributed by atoms with Crippen molar-refractivity contribution in [1.29, 1.82) is 0 Å². The van der Waals surface area contributed by atoms with Gasteiger partial charge in [-0.05, 0) is 25.1 Å². The number of thioether (sulfide) groups is 1. The van der Waals surface area contributed by atoms with Gasteiger partial charge in [-0.25, -0.2) is 0 Å². The van der Waals surface area contributed by atoms with E-state index in [1.807, 2.05) is 35.8 Å². The van der Waals surface area contributed by atoms with Crippen molar-refractivity contribution in [2.45, 2.75) is 12.1 Å². The monoisotopic (exact) mass is 283 g/mol. The lowest BCUT2D eigenvalue weighted by atomic mass is 10.3. The van der Waals surface area contributed by atoms with E-state index in [9.17, 15) is 0 Å². The Labute approximate surface area is 115 Å². The van der Waals surface area contributed by atoms with Crippen LogP contribution in [0.2, 0.25) is 5.02 Å². The zero-order chi connectivity index (χ0) is 12.8. The Bertz CT molecular complexity index is 504. The molecule has 96 valence electrons. The lowest BCUT2D eigenvalue weighted by Crippen LogP contribution is -1.99. The van der Waals surface area contributed by atoms with E-state index in [-0.39, 0.29) is 0 Å². The van der Waals surface area contributed by atoms with Gasteiger partial charge in [0.05, 0.1) is 12.3 Å². The van der Waals surface area contributed by atoms with E-state index in [0.29, 0.717) is 11.6 Å². The minimum Gasteiger partial charge on any atom is -0.381 e. The Morgan fingerprint density at radius 1 is 1.44 bits per heavy atom. The van der Waals surface area contributed by atoms with Gasteiger partial charge >= 0.3 is 0 Å². The van der Waals surface area contributed by atoms with Gasteiger partial charge in [-0.1, -0.05) is 29.4 Å². The quantitative estimate of drug-likeness (QED) is 0.603. The van der Waals surface area contributed by atoms with Crippen LogP contribution >= 0.6 is 23.4 Å². The van der Waals surface area contributed by atoms with Crippen molar-refractivity contribution in [3.05, 3.63) is 35.6 Å². The number of benzene rings is 1. The Morgan fingerprint density at radius 2 is 2.33 bits per heavy atom. The van der Waals surface area contributed by atoms with Crippen LogP contribution in [0, 0.1) is 0 Å². The molecule has 0 saturated heterocycles. The van der Waals surface area contributed by atoms with E-state index in [1.54, 1.807) is 18.1 Å². The van der Waals surface area contributed by atoms with Gasteiger partial charge in [-0.2, -0.15) is 0 Å². The average Bonchev–Trinajstić information content (AvgIpc) is 2.83. The molecule has 0 aliphatic heterocycles. The maximum atomic E-state index is 5.98. The summed E-state index contributed by atoms with van der Waals surface area (Å²) in [4.78, 5) is 0. The van der Waals surface area contributed by atoms with Crippen LogP contribution in [-0.4, -0.2) is 33.7 Å². The standard InChI is InChI=1S/C12H14ClN3OS/c1-2-17-6-7-18-12-15-14-9-16(12)11-5-3-4-10(13)8-11/h3-5,8-9H,2,6-7H2,1H3. The number of halogens is 1. The van der Waals surface area contributed by atoms with E-state index in [1.165, 1.54) is 0 Å². The van der Waals surface area contributed by atoms with Crippen LogP contribution in [0.4, 0.5) is 0 Å². The van der Waals surface area contributed by atoms with Crippen LogP contribution in [0.15, 0.2) is 35.7 Å². The van der Waals surface area contributed by atoms with Crippen molar-refractivity contribution in [1.82, 2.24) is 14.8 Å². The van der Waals surface area contributed by atoms with Crippen molar-refractivity contribution in [2.24, 2.45) is 0 Å². The zero-order valence-electron chi connectivity index (χ0n) is 10.0. The molecule has 0 saturated carbocycles. The Balaban J connectivity index is 2.08. The van der Waals surface area contributed by atoms with Crippen LogP contribution in [0.25, 0.3) is 5.69 Å². The topological polar surface area (TPSA) is 39.9 Å². The van der Waals surface area contributed by atoms with E-state index >= 15 is 0 Å². The zero-order valence-corrected chi connectivity index (χ0v) is 11.6. The molecule has 1 heterocycles. The molecule has 0 aliphatic carbocycles. The third-order valence-corrected chi connectivity index (χ3v) is 3.41. The van der Waals surface area contributed by atoms with Gasteiger partial charge in [0.1, 0.15) is 6.33 Å². The first-order valence-electron chi connectivity index (χ1n) is 5.67. The third kappa shape index (κ3) is 3.48. The fraction of sp³-hybridized carbons (Fsp3) is 0.333. The molecule has 1 aromatic carbocycles. The van der Waals surface area contributed by atoms with E-state index in [0.717, 1.165) is 23.2 Å². The first kappa shape index (κ1) is 13.4. The van der Waals surface area contributed by atoms with Gasteiger partial charge in [-0.3, -0.25) is 4.57 Å². The molecular weight excluding hydrogens is 270 g/mol. The van der Waals surface area contributed by atoms with Crippen LogP contribution in [0.5, 0.6) is 0 Å². The average molecular weight is 284 g/mol. The number of aromatic nitrogens is 3. The van der Waals surface area contributed by atoms with Crippen LogP contribution in [0.1, 0.15) is 6.92 Å². The Morgan fingerprint density at radius 3 is 3.11 bits per heavy atom. The highest BCUT2D eigenvalue weighted by Crippen LogP contribution is 2.21. The smallest absolute Gasteiger partial charge is 0.195 e. The van der Waals surface area contributed by atoms with Gasteiger partial charge in [0.15, 0.2) is 5.16 Å². The summed E-state index contributed by atoms with van der Waals surface area (Å²) in [7, 11) is 0. The molecule has 0 fully saturated rings. The van der Waals surface area contributed by atoms with Gasteiger partial charge in [0, 0.05) is 17.4 Å². The number of hydrogen-bond donors (Lipinski definition) is 0. The lowest BCUT2D eigenvalue weighted by molar-refractivity contribution is 0.164. The predicted molar refractivity (Wildman–Crippen MR) is 73.6 cm³/mol. The van der Waals surface area contributed by atoms with Crippen LogP contribution < -0.4 is 0 Å². The molecule has 0 amide bonds. The molecule has 0 atom stereocenters. The minimum absolute atomic E-state index is 0.700. The van der Waals surface area contributed by atoms with Crippen LogP contribution in [-0.2, 0) is 4.74 Å². The molecule has 1 aromatic heterocycles. The molecule has 0 unspecified atom stereocenters. The summed E-state index contributed by atoms with van der Waals surface area (Å²) in [5.74, 6) is 0.854. The highest BCUT2D eigenvalue weighted by molar-refractivity contribution is 7.99. The molecular formula is C12H14ClN3OS. The van der Waals surface area contributed by atoms with Gasteiger partial charge in [0.2, 0.25) is 0 Å². The minimum atomic E-state index is 0.700. The van der Waals surface area contributed by atoms with Gasteiger partial charge < -0.3 is 4.74 Å². The molecule has 0 aliphatic rings. The summed E-state index contributed by atoms with van der Waals surface area (Å²) in [5.41, 5.74) is 0.964. The number of hydrogen-bond acceptors (Lipinski definition) is 4. The van der Waals surface area contributed by atoms with E-state index in [2.05, 4.69) is 10.2 Å². The Hall–Kier alpha value is -1.04. The lowest BCUT2D eigenvalue weighted by Gasteiger charge is -2.06. The van der Waals surface area contributed by atoms with Gasteiger partial charge in [-0.15, -0.1) is 10.2 Å². The molecule has 6 heteroatoms. The maximum Gasteiger partial charge on any atom is 0.195 e. The van der Waals surface area contributed by atoms with Crippen molar-refractivity contribution >= 4 is 23.4 Å². The summed E-state index contributed by atoms with van der Waals surface area (Å²) >= 11 is 7.59. The number of nitrogens with zero attached hydrogens (tertiary/aromatic N) is 3. The molecule has 0 bridgehead atoms. The summed E-state index contributed by atoms with van der Waals surface area (Å²) in [6.45, 7) is 3.43. The summed E-state index contributed by atoms with van der Waals surface area (Å²) < 4.78 is 7.22. The molecule has 4 nitrogen and oxygen atoms in total. The normalized spacial score (nSPS) is 10.8. The highest BCUT2D eigenvalue weighted by atomic mass is 35.5. The highest BCUT2D eigenvalue weighted by Gasteiger charge is 2.07. The molecule has 18 heavy (non-hydrogen) atoms. The molecule has 0 N–H and O–H groups in total. The third-order valence-electron chi connectivity index (χ3n) is 2.27. The predicted octanol–water partition coefficient (Wildman–Crippen LogP) is 3.05. The number of rotatable bonds is 6. The molecule has 0 spiro atoms. The fourth-order valence-electron chi connectivity index (χ4n) is 1.46. The van der Waals surface area contributed by atoms with Crippen molar-refractivity contribution < 1.29 is 4.74 Å². The number of ether oxygens (including phenoxy) is 1. The van der Waals surface area contributed by atoms with Crippen molar-refractivity contribution in [3.63, 3.8) is 0 Å². The molecule has 0 radical (unpaired) electrons. The first-order chi connectivity index (χ1) is 8.81. The van der Waals surface area contributed by atoms with E-state index < -0.39 is 0 Å². The van der Waals surface area contributed by atoms with Crippen LogP contribution in [0.3, 0.4) is 0 Å². The summed E-state index contributed by atoms with van der Waals surface area (Å²) in [5, 5.41) is 9.58.